The van der Waals surface area contributed by atoms with Gasteiger partial charge >= 0.3 is 0 Å². The van der Waals surface area contributed by atoms with Crippen LogP contribution in [-0.2, 0) is 0 Å². The number of benzene rings is 2. The Morgan fingerprint density at radius 3 is 2.48 bits per heavy atom. The molecule has 0 aliphatic rings. The fraction of sp³-hybridized carbons (Fsp3) is 0.174. The molecule has 0 aliphatic carbocycles. The predicted octanol–water partition coefficient (Wildman–Crippen LogP) is 3.48. The molecule has 144 valence electrons. The normalized spacial score (nSPS) is 11.8. The van der Waals surface area contributed by atoms with Crippen LogP contribution in [0.1, 0.15) is 10.4 Å². The average molecular weight is 383 g/mol. The number of nitrogens with one attached hydrogen (secondary N) is 1. The number of imidazole rings is 1. The van der Waals surface area contributed by atoms with E-state index < -0.39 is 0 Å². The first kappa shape index (κ1) is 17.6. The number of likely N-dealkylation sites (N-methyl/N-ethyl adjacent to an activating group) is 1. The lowest BCUT2D eigenvalue weighted by Gasteiger charge is -2.12. The Labute approximate surface area is 167 Å². The molecule has 6 nitrogen and oxygen atoms in total. The van der Waals surface area contributed by atoms with Crippen molar-refractivity contribution in [2.24, 2.45) is 0 Å². The van der Waals surface area contributed by atoms with E-state index in [1.807, 2.05) is 78.0 Å². The zero-order chi connectivity index (χ0) is 20.0. The Morgan fingerprint density at radius 2 is 1.66 bits per heavy atom. The summed E-state index contributed by atoms with van der Waals surface area (Å²) >= 11 is 0. The molecule has 0 saturated carbocycles. The van der Waals surface area contributed by atoms with E-state index in [2.05, 4.69) is 11.4 Å². The van der Waals surface area contributed by atoms with E-state index in [0.29, 0.717) is 17.8 Å². The number of para-hydroxylation sites is 3. The summed E-state index contributed by atoms with van der Waals surface area (Å²) in [6, 6.07) is 19.9. The van der Waals surface area contributed by atoms with Gasteiger partial charge in [-0.1, -0.05) is 30.3 Å². The molecule has 0 bridgehead atoms. The van der Waals surface area contributed by atoms with Crippen molar-refractivity contribution in [1.82, 2.24) is 24.6 Å². The van der Waals surface area contributed by atoms with Crippen LogP contribution in [0.3, 0.4) is 0 Å². The van der Waals surface area contributed by atoms with Crippen molar-refractivity contribution in [1.29, 1.82) is 0 Å². The second kappa shape index (κ2) is 6.83. The number of carbonyl (C=O) groups is 1. The van der Waals surface area contributed by atoms with Gasteiger partial charge in [0.2, 0.25) is 0 Å². The standard InChI is InChI=1S/C23H21N5O/c1-27(2)12-11-24-23(29)17-14-16-13-15-7-3-4-8-18(15)25-21(16)28-20-10-6-5-9-19(20)26-22(17)28/h3-10,13-14H,11-12H2,1-2H3,(H,24,29). The zero-order valence-electron chi connectivity index (χ0n) is 16.4. The quantitative estimate of drug-likeness (QED) is 0.483. The molecule has 5 rings (SSSR count). The van der Waals surface area contributed by atoms with Gasteiger partial charge in [0, 0.05) is 23.9 Å². The number of nitrogens with zero attached hydrogens (tertiary/aromatic N) is 4. The Kier molecular flexibility index (Phi) is 4.14. The summed E-state index contributed by atoms with van der Waals surface area (Å²) in [7, 11) is 3.97. The molecule has 3 aromatic heterocycles. The second-order valence-electron chi connectivity index (χ2n) is 7.47. The molecule has 0 spiro atoms. The Hall–Kier alpha value is -3.51. The van der Waals surface area contributed by atoms with Crippen molar-refractivity contribution in [3.63, 3.8) is 0 Å². The molecular weight excluding hydrogens is 362 g/mol. The van der Waals surface area contributed by atoms with Crippen LogP contribution in [0.15, 0.2) is 60.7 Å². The summed E-state index contributed by atoms with van der Waals surface area (Å²) in [6.07, 6.45) is 0. The minimum absolute atomic E-state index is 0.123. The SMILES string of the molecule is CN(C)CCNC(=O)c1cc2cc3ccccc3nc2n2c1nc1ccccc12. The van der Waals surface area contributed by atoms with E-state index in [9.17, 15) is 4.79 Å². The number of pyridine rings is 2. The maximum Gasteiger partial charge on any atom is 0.255 e. The van der Waals surface area contributed by atoms with Crippen LogP contribution >= 0.6 is 0 Å². The molecule has 0 unspecified atom stereocenters. The molecule has 3 heterocycles. The summed E-state index contributed by atoms with van der Waals surface area (Å²) in [5, 5.41) is 4.97. The number of rotatable bonds is 4. The molecule has 29 heavy (non-hydrogen) atoms. The Morgan fingerprint density at radius 1 is 0.931 bits per heavy atom. The van der Waals surface area contributed by atoms with Crippen molar-refractivity contribution in [2.75, 3.05) is 27.2 Å². The number of hydrogen-bond donors (Lipinski definition) is 1. The van der Waals surface area contributed by atoms with Gasteiger partial charge in [-0.2, -0.15) is 0 Å². The van der Waals surface area contributed by atoms with Crippen LogP contribution < -0.4 is 5.32 Å². The van der Waals surface area contributed by atoms with Gasteiger partial charge in [-0.3, -0.25) is 9.20 Å². The number of amides is 1. The van der Waals surface area contributed by atoms with E-state index in [-0.39, 0.29) is 5.91 Å². The largest absolute Gasteiger partial charge is 0.351 e. The molecule has 0 saturated heterocycles. The van der Waals surface area contributed by atoms with E-state index in [0.717, 1.165) is 39.5 Å². The third kappa shape index (κ3) is 2.98. The number of carbonyl (C=O) groups excluding carboxylic acids is 1. The fourth-order valence-corrected chi connectivity index (χ4v) is 3.70. The highest BCUT2D eigenvalue weighted by atomic mass is 16.1. The number of aromatic nitrogens is 3. The lowest BCUT2D eigenvalue weighted by Crippen LogP contribution is -2.31. The lowest BCUT2D eigenvalue weighted by molar-refractivity contribution is 0.0952. The summed E-state index contributed by atoms with van der Waals surface area (Å²) in [4.78, 5) is 24.7. The van der Waals surface area contributed by atoms with E-state index in [1.54, 1.807) is 0 Å². The zero-order valence-corrected chi connectivity index (χ0v) is 16.4. The fourth-order valence-electron chi connectivity index (χ4n) is 3.70. The third-order valence-electron chi connectivity index (χ3n) is 5.13. The van der Waals surface area contributed by atoms with Crippen LogP contribution in [-0.4, -0.2) is 52.4 Å². The second-order valence-corrected chi connectivity index (χ2v) is 7.47. The molecule has 0 aliphatic heterocycles. The van der Waals surface area contributed by atoms with Crippen molar-refractivity contribution in [2.45, 2.75) is 0 Å². The molecule has 2 aromatic carbocycles. The number of fused-ring (bicyclic) bond motifs is 6. The van der Waals surface area contributed by atoms with Gasteiger partial charge in [-0.15, -0.1) is 0 Å². The molecule has 5 aromatic rings. The summed E-state index contributed by atoms with van der Waals surface area (Å²) in [6.45, 7) is 1.35. The first-order valence-corrected chi connectivity index (χ1v) is 9.64. The first-order chi connectivity index (χ1) is 14.1. The van der Waals surface area contributed by atoms with E-state index >= 15 is 0 Å². The maximum atomic E-state index is 13.0. The van der Waals surface area contributed by atoms with Gasteiger partial charge in [-0.05, 0) is 44.4 Å². The van der Waals surface area contributed by atoms with E-state index in [1.165, 1.54) is 0 Å². The van der Waals surface area contributed by atoms with Crippen molar-refractivity contribution >= 4 is 44.5 Å². The van der Waals surface area contributed by atoms with Crippen LogP contribution in [0.2, 0.25) is 0 Å². The predicted molar refractivity (Wildman–Crippen MR) is 116 cm³/mol. The van der Waals surface area contributed by atoms with Gasteiger partial charge in [0.1, 0.15) is 5.65 Å². The van der Waals surface area contributed by atoms with Gasteiger partial charge in [-0.25, -0.2) is 9.97 Å². The first-order valence-electron chi connectivity index (χ1n) is 9.64. The van der Waals surface area contributed by atoms with Crippen LogP contribution in [0, 0.1) is 0 Å². The van der Waals surface area contributed by atoms with Crippen molar-refractivity contribution < 1.29 is 4.79 Å². The highest BCUT2D eigenvalue weighted by molar-refractivity contribution is 6.06. The van der Waals surface area contributed by atoms with Crippen LogP contribution in [0.5, 0.6) is 0 Å². The van der Waals surface area contributed by atoms with Gasteiger partial charge in [0.15, 0.2) is 5.65 Å². The molecule has 6 heteroatoms. The summed E-state index contributed by atoms with van der Waals surface area (Å²) in [5.41, 5.74) is 4.70. The van der Waals surface area contributed by atoms with Crippen molar-refractivity contribution in [3.05, 3.63) is 66.2 Å². The Balaban J connectivity index is 1.79. The van der Waals surface area contributed by atoms with Crippen molar-refractivity contribution in [3.8, 4) is 0 Å². The molecule has 0 atom stereocenters. The van der Waals surface area contributed by atoms with E-state index in [4.69, 9.17) is 9.97 Å². The Bertz CT molecular complexity index is 1390. The molecule has 1 amide bonds. The highest BCUT2D eigenvalue weighted by Crippen LogP contribution is 2.27. The maximum absolute atomic E-state index is 13.0. The number of hydrogen-bond acceptors (Lipinski definition) is 4. The molecule has 0 radical (unpaired) electrons. The molecule has 0 fully saturated rings. The molecule has 1 N–H and O–H groups in total. The van der Waals surface area contributed by atoms with Gasteiger partial charge in [0.25, 0.3) is 5.91 Å². The van der Waals surface area contributed by atoms with Crippen LogP contribution in [0.4, 0.5) is 0 Å². The summed E-state index contributed by atoms with van der Waals surface area (Å²) < 4.78 is 2.00. The average Bonchev–Trinajstić information content (AvgIpc) is 3.11. The topological polar surface area (TPSA) is 62.5 Å². The minimum atomic E-state index is -0.123. The lowest BCUT2D eigenvalue weighted by atomic mass is 10.1. The monoisotopic (exact) mass is 383 g/mol. The van der Waals surface area contributed by atoms with Gasteiger partial charge in [0.05, 0.1) is 22.1 Å². The summed E-state index contributed by atoms with van der Waals surface area (Å²) in [5.74, 6) is -0.123. The minimum Gasteiger partial charge on any atom is -0.351 e. The smallest absolute Gasteiger partial charge is 0.255 e. The highest BCUT2D eigenvalue weighted by Gasteiger charge is 2.18. The third-order valence-corrected chi connectivity index (χ3v) is 5.13. The van der Waals surface area contributed by atoms with Crippen LogP contribution in [0.25, 0.3) is 38.6 Å². The molecular formula is C23H21N5O. The van der Waals surface area contributed by atoms with Gasteiger partial charge < -0.3 is 10.2 Å².